The number of halogens is 1. The highest BCUT2D eigenvalue weighted by atomic mass is 19.1. The number of nitrogens with zero attached hydrogens (tertiary/aromatic N) is 3. The standard InChI is InChI=1S/C21H29FN4O2/c1-5-14(3)23-15-11-17-16(18(22)12-15)13-19(26(6-2)20(17)27)21(28)25-9-7-24(4)8-10-25/h11-14,23H,5-10H2,1-4H3/t14-/m1/s1. The second kappa shape index (κ2) is 8.31. The van der Waals surface area contributed by atoms with Crippen molar-refractivity contribution in [3.05, 3.63) is 40.1 Å². The zero-order valence-corrected chi connectivity index (χ0v) is 17.1. The van der Waals surface area contributed by atoms with Crippen molar-refractivity contribution in [1.29, 1.82) is 0 Å². The predicted octanol–water partition coefficient (Wildman–Crippen LogP) is 2.76. The van der Waals surface area contributed by atoms with Gasteiger partial charge in [0.1, 0.15) is 11.5 Å². The van der Waals surface area contributed by atoms with Gasteiger partial charge in [0.25, 0.3) is 11.5 Å². The average Bonchev–Trinajstić information content (AvgIpc) is 2.68. The largest absolute Gasteiger partial charge is 0.382 e. The molecule has 1 N–H and O–H groups in total. The fraction of sp³-hybridized carbons (Fsp3) is 0.524. The Labute approximate surface area is 164 Å². The van der Waals surface area contributed by atoms with Gasteiger partial charge in [-0.3, -0.25) is 9.59 Å². The minimum absolute atomic E-state index is 0.170. The molecular weight excluding hydrogens is 359 g/mol. The van der Waals surface area contributed by atoms with Crippen LogP contribution in [-0.2, 0) is 6.54 Å². The molecule has 152 valence electrons. The second-order valence-corrected chi connectivity index (χ2v) is 7.55. The summed E-state index contributed by atoms with van der Waals surface area (Å²) in [4.78, 5) is 30.0. The third-order valence-electron chi connectivity index (χ3n) is 5.53. The molecule has 1 aromatic heterocycles. The lowest BCUT2D eigenvalue weighted by Gasteiger charge is -2.33. The van der Waals surface area contributed by atoms with Crippen LogP contribution < -0.4 is 10.9 Å². The van der Waals surface area contributed by atoms with Gasteiger partial charge in [-0.15, -0.1) is 0 Å². The molecule has 1 aliphatic heterocycles. The quantitative estimate of drug-likeness (QED) is 0.856. The molecule has 3 rings (SSSR count). The molecule has 7 heteroatoms. The predicted molar refractivity (Wildman–Crippen MR) is 111 cm³/mol. The van der Waals surface area contributed by atoms with E-state index in [1.54, 1.807) is 11.0 Å². The number of carbonyl (C=O) groups is 1. The molecule has 0 spiro atoms. The number of piperazine rings is 1. The summed E-state index contributed by atoms with van der Waals surface area (Å²) < 4.78 is 16.3. The maximum atomic E-state index is 14.8. The summed E-state index contributed by atoms with van der Waals surface area (Å²) in [5.41, 5.74) is 0.507. The molecule has 1 amide bonds. The van der Waals surface area contributed by atoms with Gasteiger partial charge in [-0.25, -0.2) is 4.39 Å². The van der Waals surface area contributed by atoms with E-state index in [-0.39, 0.29) is 28.6 Å². The molecule has 0 bridgehead atoms. The molecule has 1 saturated heterocycles. The van der Waals surface area contributed by atoms with Crippen LogP contribution in [-0.4, -0.2) is 59.5 Å². The Morgan fingerprint density at radius 2 is 1.82 bits per heavy atom. The van der Waals surface area contributed by atoms with E-state index in [2.05, 4.69) is 10.2 Å². The summed E-state index contributed by atoms with van der Waals surface area (Å²) in [6, 6.07) is 4.78. The summed E-state index contributed by atoms with van der Waals surface area (Å²) in [6.07, 6.45) is 0.886. The van der Waals surface area contributed by atoms with Crippen molar-refractivity contribution >= 4 is 22.4 Å². The zero-order valence-electron chi connectivity index (χ0n) is 17.1. The first-order chi connectivity index (χ1) is 13.3. The molecule has 6 nitrogen and oxygen atoms in total. The van der Waals surface area contributed by atoms with E-state index >= 15 is 0 Å². The number of hydrogen-bond donors (Lipinski definition) is 1. The van der Waals surface area contributed by atoms with Crippen molar-refractivity contribution in [1.82, 2.24) is 14.4 Å². The number of nitrogens with one attached hydrogen (secondary N) is 1. The minimum Gasteiger partial charge on any atom is -0.382 e. The zero-order chi connectivity index (χ0) is 20.4. The first-order valence-electron chi connectivity index (χ1n) is 9.97. The number of anilines is 1. The highest BCUT2D eigenvalue weighted by Crippen LogP contribution is 2.23. The van der Waals surface area contributed by atoms with Gasteiger partial charge in [-0.05, 0) is 45.5 Å². The van der Waals surface area contributed by atoms with Crippen molar-refractivity contribution in [3.63, 3.8) is 0 Å². The lowest BCUT2D eigenvalue weighted by molar-refractivity contribution is 0.0652. The smallest absolute Gasteiger partial charge is 0.270 e. The SMILES string of the molecule is CC[C@@H](C)Nc1cc(F)c2cc(C(=O)N3CCN(C)CC3)n(CC)c(=O)c2c1. The molecule has 0 saturated carbocycles. The van der Waals surface area contributed by atoms with E-state index in [1.807, 2.05) is 27.8 Å². The monoisotopic (exact) mass is 388 g/mol. The number of aromatic nitrogens is 1. The van der Waals surface area contributed by atoms with Crippen LogP contribution in [0.15, 0.2) is 23.0 Å². The Morgan fingerprint density at radius 1 is 1.14 bits per heavy atom. The van der Waals surface area contributed by atoms with Crippen molar-refractivity contribution in [2.45, 2.75) is 39.8 Å². The number of carbonyl (C=O) groups excluding carboxylic acids is 1. The van der Waals surface area contributed by atoms with Crippen LogP contribution in [0.5, 0.6) is 0 Å². The van der Waals surface area contributed by atoms with E-state index in [0.29, 0.717) is 30.7 Å². The molecule has 0 unspecified atom stereocenters. The Hall–Kier alpha value is -2.41. The number of pyridine rings is 1. The van der Waals surface area contributed by atoms with E-state index < -0.39 is 5.82 Å². The van der Waals surface area contributed by atoms with Crippen molar-refractivity contribution in [2.24, 2.45) is 0 Å². The average molecular weight is 388 g/mol. The summed E-state index contributed by atoms with van der Waals surface area (Å²) in [5.74, 6) is -0.703. The van der Waals surface area contributed by atoms with Crippen LogP contribution in [0, 0.1) is 5.82 Å². The third-order valence-corrected chi connectivity index (χ3v) is 5.53. The van der Waals surface area contributed by atoms with Crippen LogP contribution in [0.1, 0.15) is 37.7 Å². The van der Waals surface area contributed by atoms with Gasteiger partial charge in [-0.2, -0.15) is 0 Å². The molecule has 2 aromatic rings. The van der Waals surface area contributed by atoms with Gasteiger partial charge in [0.05, 0.1) is 5.39 Å². The van der Waals surface area contributed by atoms with Crippen LogP contribution in [0.4, 0.5) is 10.1 Å². The third kappa shape index (κ3) is 3.90. The lowest BCUT2D eigenvalue weighted by Crippen LogP contribution is -2.48. The highest BCUT2D eigenvalue weighted by Gasteiger charge is 2.24. The maximum Gasteiger partial charge on any atom is 0.270 e. The number of benzene rings is 1. The van der Waals surface area contributed by atoms with Crippen molar-refractivity contribution in [2.75, 3.05) is 38.5 Å². The summed E-state index contributed by atoms with van der Waals surface area (Å²) in [5, 5.41) is 3.70. The second-order valence-electron chi connectivity index (χ2n) is 7.55. The number of amides is 1. The molecule has 1 fully saturated rings. The van der Waals surface area contributed by atoms with Gasteiger partial charge in [0, 0.05) is 49.8 Å². The van der Waals surface area contributed by atoms with E-state index in [1.165, 1.54) is 16.7 Å². The summed E-state index contributed by atoms with van der Waals surface area (Å²) in [6.45, 7) is 9.00. The summed E-state index contributed by atoms with van der Waals surface area (Å²) in [7, 11) is 2.01. The minimum atomic E-state index is -0.490. The van der Waals surface area contributed by atoms with Crippen molar-refractivity contribution in [3.8, 4) is 0 Å². The first kappa shape index (κ1) is 20.3. The van der Waals surface area contributed by atoms with Gasteiger partial charge in [0.15, 0.2) is 0 Å². The number of fused-ring (bicyclic) bond motifs is 1. The van der Waals surface area contributed by atoms with E-state index in [0.717, 1.165) is 19.5 Å². The molecule has 2 heterocycles. The van der Waals surface area contributed by atoms with Crippen LogP contribution in [0.3, 0.4) is 0 Å². The topological polar surface area (TPSA) is 57.6 Å². The molecule has 0 aliphatic carbocycles. The Balaban J connectivity index is 2.07. The van der Waals surface area contributed by atoms with Crippen LogP contribution >= 0.6 is 0 Å². The Morgan fingerprint density at radius 3 is 2.43 bits per heavy atom. The molecule has 0 radical (unpaired) electrons. The first-order valence-corrected chi connectivity index (χ1v) is 9.97. The van der Waals surface area contributed by atoms with Crippen LogP contribution in [0.2, 0.25) is 0 Å². The van der Waals surface area contributed by atoms with Gasteiger partial charge >= 0.3 is 0 Å². The molecule has 1 aromatic carbocycles. The number of hydrogen-bond acceptors (Lipinski definition) is 4. The fourth-order valence-corrected chi connectivity index (χ4v) is 3.54. The number of likely N-dealkylation sites (N-methyl/N-ethyl adjacent to an activating group) is 1. The Bertz CT molecular complexity index is 932. The van der Waals surface area contributed by atoms with Gasteiger partial charge in [-0.1, -0.05) is 6.92 Å². The van der Waals surface area contributed by atoms with Crippen LogP contribution in [0.25, 0.3) is 10.8 Å². The fourth-order valence-electron chi connectivity index (χ4n) is 3.54. The van der Waals surface area contributed by atoms with E-state index in [4.69, 9.17) is 0 Å². The maximum absolute atomic E-state index is 14.8. The van der Waals surface area contributed by atoms with Gasteiger partial charge in [0.2, 0.25) is 0 Å². The molecule has 1 aliphatic rings. The number of rotatable bonds is 5. The van der Waals surface area contributed by atoms with Crippen molar-refractivity contribution < 1.29 is 9.18 Å². The molecule has 28 heavy (non-hydrogen) atoms. The lowest BCUT2D eigenvalue weighted by atomic mass is 10.1. The normalized spacial score (nSPS) is 16.4. The van der Waals surface area contributed by atoms with Gasteiger partial charge < -0.3 is 19.7 Å². The molecule has 1 atom stereocenters. The molecular formula is C21H29FN4O2. The summed E-state index contributed by atoms with van der Waals surface area (Å²) >= 11 is 0. The van der Waals surface area contributed by atoms with E-state index in [9.17, 15) is 14.0 Å². The Kier molecular flexibility index (Phi) is 6.03. The highest BCUT2D eigenvalue weighted by molar-refractivity contribution is 5.97.